The van der Waals surface area contributed by atoms with Gasteiger partial charge >= 0.3 is 0 Å². The van der Waals surface area contributed by atoms with Crippen LogP contribution >= 0.6 is 0 Å². The second-order valence-corrected chi connectivity index (χ2v) is 10.9. The van der Waals surface area contributed by atoms with Crippen molar-refractivity contribution in [2.45, 2.75) is 0 Å². The van der Waals surface area contributed by atoms with Crippen molar-refractivity contribution in [2.24, 2.45) is 0 Å². The molecule has 2 nitrogen and oxygen atoms in total. The Morgan fingerprint density at radius 3 is 1.87 bits per heavy atom. The summed E-state index contributed by atoms with van der Waals surface area (Å²) in [6.45, 7) is 0. The molecule has 0 amide bonds. The maximum absolute atomic E-state index is 9.50. The zero-order valence-electron chi connectivity index (χ0n) is 38.7. The Bertz CT molecular complexity index is 3570. The number of hydrogen-bond acceptors (Lipinski definition) is 2. The lowest BCUT2D eigenvalue weighted by atomic mass is 9.85. The van der Waals surface area contributed by atoms with Gasteiger partial charge in [0, 0.05) is 27.5 Å². The van der Waals surface area contributed by atoms with E-state index in [1.165, 1.54) is 0 Å². The Balaban J connectivity index is 1.51. The lowest BCUT2D eigenvalue weighted by molar-refractivity contribution is 0.633. The average molecular weight is 602 g/mol. The van der Waals surface area contributed by atoms with Gasteiger partial charge in [0.2, 0.25) is 0 Å². The fourth-order valence-corrected chi connectivity index (χ4v) is 6.37. The summed E-state index contributed by atoms with van der Waals surface area (Å²) >= 11 is 0. The van der Waals surface area contributed by atoms with Gasteiger partial charge in [-0.25, -0.2) is 0 Å². The zero-order chi connectivity index (χ0) is 43.2. The number of fused-ring (bicyclic) bond motifs is 8. The summed E-state index contributed by atoms with van der Waals surface area (Å²) in [7, 11) is 0. The quantitative estimate of drug-likeness (QED) is 0.188. The van der Waals surface area contributed by atoms with Crippen LogP contribution in [0.2, 0.25) is 0 Å². The van der Waals surface area contributed by atoms with Crippen LogP contribution in [0.3, 0.4) is 0 Å². The van der Waals surface area contributed by atoms with Gasteiger partial charge in [0.25, 0.3) is 0 Å². The summed E-state index contributed by atoms with van der Waals surface area (Å²) in [6, 6.07) is 9.55. The minimum atomic E-state index is -0.759. The van der Waals surface area contributed by atoms with Crippen molar-refractivity contribution in [1.82, 2.24) is 0 Å². The number of para-hydroxylation sites is 1. The molecule has 0 saturated carbocycles. The van der Waals surface area contributed by atoms with Crippen LogP contribution in [0.25, 0.3) is 98.8 Å². The number of benzene rings is 8. The Hall–Kier alpha value is -6.12. The summed E-state index contributed by atoms with van der Waals surface area (Å²) in [5, 5.41) is -0.395. The summed E-state index contributed by atoms with van der Waals surface area (Å²) in [5.74, 6) is 0.500. The van der Waals surface area contributed by atoms with E-state index in [-0.39, 0.29) is 38.3 Å². The first kappa shape index (κ1) is 14.8. The van der Waals surface area contributed by atoms with E-state index in [2.05, 4.69) is 0 Å². The molecule has 10 aromatic rings. The third-order valence-electron chi connectivity index (χ3n) is 8.33. The fraction of sp³-hybridized carbons (Fsp3) is 0. The minimum Gasteiger partial charge on any atom is -0.455 e. The van der Waals surface area contributed by atoms with Gasteiger partial charge in [-0.1, -0.05) is 133 Å². The second kappa shape index (κ2) is 9.69. The van der Waals surface area contributed by atoms with E-state index in [1.807, 2.05) is 42.5 Å². The zero-order valence-corrected chi connectivity index (χ0v) is 23.7. The van der Waals surface area contributed by atoms with Gasteiger partial charge in [-0.3, -0.25) is 0 Å². The SMILES string of the molecule is [2H]c1c([2H])c([2H])c2c([2H])c(-c3c4c([2H])c([2H])c([2H])c([2H])c4c(-c4cc5cc(-c6ccccc6)oc5c5c4oc4ccccc45)c4c([2H])c([2H])c([2H])c([2H])c34)c([2H])c([2H])c2c1[2H]. The van der Waals surface area contributed by atoms with Gasteiger partial charge < -0.3 is 8.83 Å². The van der Waals surface area contributed by atoms with E-state index in [1.54, 1.807) is 24.3 Å². The molecule has 0 aliphatic rings. The molecule has 2 heteroatoms. The largest absolute Gasteiger partial charge is 0.455 e. The van der Waals surface area contributed by atoms with Crippen LogP contribution in [0, 0.1) is 0 Å². The standard InChI is InChI=1S/C44H26O2/c1-2-13-28(14-3-1)39-26-31-25-37(44-42(43(31)46-39)36-20-10-11-21-38(36)45-44)41-34-18-8-6-16-32(34)40(33-17-7-9-19-35(33)41)30-23-22-27-12-4-5-15-29(27)24-30/h1-26H/i4D,5D,6D,7D,8D,9D,12D,15D,16D,17D,18D,19D,22D,23D,24D. The predicted octanol–water partition coefficient (Wildman–Crippen LogP) is 12.8. The van der Waals surface area contributed by atoms with Gasteiger partial charge in [-0.15, -0.1) is 0 Å². The molecule has 0 atom stereocenters. The summed E-state index contributed by atoms with van der Waals surface area (Å²) < 4.78 is 148. The third-order valence-corrected chi connectivity index (χ3v) is 8.33. The lowest BCUT2D eigenvalue weighted by Crippen LogP contribution is -1.91. The molecular weight excluding hydrogens is 560 g/mol. The van der Waals surface area contributed by atoms with Crippen molar-refractivity contribution in [3.63, 3.8) is 0 Å². The second-order valence-electron chi connectivity index (χ2n) is 10.9. The van der Waals surface area contributed by atoms with E-state index in [4.69, 9.17) is 21.2 Å². The molecular formula is C44H26O2. The van der Waals surface area contributed by atoms with Crippen LogP contribution in [0.15, 0.2) is 166 Å². The van der Waals surface area contributed by atoms with Crippen molar-refractivity contribution in [2.75, 3.05) is 0 Å². The first-order valence-electron chi connectivity index (χ1n) is 22.0. The van der Waals surface area contributed by atoms with Crippen molar-refractivity contribution in [1.29, 1.82) is 0 Å². The molecule has 0 bridgehead atoms. The van der Waals surface area contributed by atoms with Crippen LogP contribution in [-0.2, 0) is 0 Å². The topological polar surface area (TPSA) is 26.3 Å². The molecule has 10 rings (SSSR count). The highest BCUT2D eigenvalue weighted by Crippen LogP contribution is 2.49. The van der Waals surface area contributed by atoms with E-state index in [9.17, 15) is 8.22 Å². The highest BCUT2D eigenvalue weighted by Gasteiger charge is 2.24. The number of hydrogen-bond donors (Lipinski definition) is 0. The van der Waals surface area contributed by atoms with Crippen molar-refractivity contribution < 1.29 is 29.4 Å². The predicted molar refractivity (Wildman–Crippen MR) is 192 cm³/mol. The minimum absolute atomic E-state index is 0.0620. The number of furan rings is 2. The Labute approximate surface area is 285 Å². The first-order chi connectivity index (χ1) is 29.1. The Morgan fingerprint density at radius 1 is 0.457 bits per heavy atom. The smallest absolute Gasteiger partial charge is 0.147 e. The molecule has 2 aromatic heterocycles. The summed E-state index contributed by atoms with van der Waals surface area (Å²) in [5.41, 5.74) is 0.992. The summed E-state index contributed by atoms with van der Waals surface area (Å²) in [4.78, 5) is 0. The van der Waals surface area contributed by atoms with Gasteiger partial charge in [0.15, 0.2) is 0 Å². The summed E-state index contributed by atoms with van der Waals surface area (Å²) in [6.07, 6.45) is 0. The van der Waals surface area contributed by atoms with Crippen LogP contribution in [0.5, 0.6) is 0 Å². The average Bonchev–Trinajstić information content (AvgIpc) is 3.87. The van der Waals surface area contributed by atoms with Gasteiger partial charge in [-0.05, 0) is 67.7 Å². The Kier molecular flexibility index (Phi) is 3.11. The van der Waals surface area contributed by atoms with Crippen LogP contribution in [0.4, 0.5) is 0 Å². The maximum atomic E-state index is 9.50. The molecule has 0 aliphatic heterocycles. The molecule has 0 spiro atoms. The highest BCUT2D eigenvalue weighted by molar-refractivity contribution is 6.27. The van der Waals surface area contributed by atoms with Gasteiger partial charge in [0.1, 0.15) is 22.5 Å². The highest BCUT2D eigenvalue weighted by atomic mass is 16.3. The van der Waals surface area contributed by atoms with E-state index in [0.29, 0.717) is 33.1 Å². The maximum Gasteiger partial charge on any atom is 0.147 e. The molecule has 0 aliphatic carbocycles. The van der Waals surface area contributed by atoms with Crippen molar-refractivity contribution >= 4 is 65.2 Å². The number of rotatable bonds is 3. The molecule has 214 valence electrons. The van der Waals surface area contributed by atoms with E-state index in [0.717, 1.165) is 5.56 Å². The van der Waals surface area contributed by atoms with Crippen LogP contribution < -0.4 is 0 Å². The van der Waals surface area contributed by atoms with Crippen molar-refractivity contribution in [3.05, 3.63) is 157 Å². The molecule has 0 saturated heterocycles. The normalized spacial score (nSPS) is 16.5. The van der Waals surface area contributed by atoms with Crippen LogP contribution in [0.1, 0.15) is 20.6 Å². The molecule has 0 radical (unpaired) electrons. The molecule has 0 unspecified atom stereocenters. The molecule has 2 heterocycles. The molecule has 0 fully saturated rings. The Morgan fingerprint density at radius 2 is 1.11 bits per heavy atom. The molecule has 46 heavy (non-hydrogen) atoms. The first-order valence-corrected chi connectivity index (χ1v) is 14.5. The van der Waals surface area contributed by atoms with Gasteiger partial charge in [0.05, 0.1) is 25.9 Å². The van der Waals surface area contributed by atoms with Crippen LogP contribution in [-0.4, -0.2) is 0 Å². The van der Waals surface area contributed by atoms with Gasteiger partial charge in [-0.2, -0.15) is 0 Å². The van der Waals surface area contributed by atoms with Crippen molar-refractivity contribution in [3.8, 4) is 33.6 Å². The van der Waals surface area contributed by atoms with E-state index < -0.39 is 113 Å². The van der Waals surface area contributed by atoms with E-state index >= 15 is 0 Å². The lowest BCUT2D eigenvalue weighted by Gasteiger charge is -2.18. The molecule has 0 N–H and O–H groups in total. The third kappa shape index (κ3) is 3.65. The molecule has 8 aromatic carbocycles. The monoisotopic (exact) mass is 601 g/mol. The fourth-order valence-electron chi connectivity index (χ4n) is 6.37.